The third-order valence-electron chi connectivity index (χ3n) is 3.02. The van der Waals surface area contributed by atoms with Gasteiger partial charge in [-0.15, -0.1) is 0 Å². The Morgan fingerprint density at radius 3 is 2.24 bits per heavy atom. The molecule has 0 fully saturated rings. The molecule has 0 heterocycles. The van der Waals surface area contributed by atoms with E-state index in [1.807, 2.05) is 24.3 Å². The molecule has 0 saturated heterocycles. The van der Waals surface area contributed by atoms with Crippen molar-refractivity contribution in [2.24, 2.45) is 5.92 Å². The Morgan fingerprint density at radius 1 is 1.18 bits per heavy atom. The number of hydrogen-bond acceptors (Lipinski definition) is 3. The van der Waals surface area contributed by atoms with Crippen molar-refractivity contribution in [3.05, 3.63) is 29.8 Å². The van der Waals surface area contributed by atoms with Crippen LogP contribution in [0.2, 0.25) is 0 Å². The standard InChI is InChI=1S/C14H22O3/c1-4-5-12(10-15)14(17-3)11-6-8-13(16-2)9-7-11/h6-9,12,14-15H,4-5,10H2,1-3H3. The van der Waals surface area contributed by atoms with Gasteiger partial charge in [-0.25, -0.2) is 0 Å². The van der Waals surface area contributed by atoms with Crippen molar-refractivity contribution >= 4 is 0 Å². The van der Waals surface area contributed by atoms with E-state index in [4.69, 9.17) is 9.47 Å². The van der Waals surface area contributed by atoms with Crippen LogP contribution in [0.25, 0.3) is 0 Å². The summed E-state index contributed by atoms with van der Waals surface area (Å²) in [6, 6.07) is 7.82. The van der Waals surface area contributed by atoms with E-state index in [0.717, 1.165) is 24.2 Å². The second-order valence-electron chi connectivity index (χ2n) is 4.16. The van der Waals surface area contributed by atoms with Gasteiger partial charge in [-0.2, -0.15) is 0 Å². The lowest BCUT2D eigenvalue weighted by Gasteiger charge is -2.24. The van der Waals surface area contributed by atoms with E-state index in [9.17, 15) is 5.11 Å². The molecule has 0 bridgehead atoms. The molecule has 0 saturated carbocycles. The minimum atomic E-state index is -0.0501. The lowest BCUT2D eigenvalue weighted by molar-refractivity contribution is 0.0208. The minimum absolute atomic E-state index is 0.0501. The van der Waals surface area contributed by atoms with Crippen molar-refractivity contribution < 1.29 is 14.6 Å². The smallest absolute Gasteiger partial charge is 0.118 e. The molecule has 96 valence electrons. The van der Waals surface area contributed by atoms with Gasteiger partial charge in [0.05, 0.1) is 13.2 Å². The zero-order valence-electron chi connectivity index (χ0n) is 10.8. The van der Waals surface area contributed by atoms with Crippen LogP contribution in [0.15, 0.2) is 24.3 Å². The molecule has 0 aliphatic rings. The Kier molecular flexibility index (Phi) is 6.01. The number of benzene rings is 1. The van der Waals surface area contributed by atoms with E-state index in [1.165, 1.54) is 0 Å². The predicted octanol–water partition coefficient (Wildman–Crippen LogP) is 2.79. The fourth-order valence-electron chi connectivity index (χ4n) is 2.10. The number of aliphatic hydroxyl groups excluding tert-OH is 1. The quantitative estimate of drug-likeness (QED) is 0.794. The van der Waals surface area contributed by atoms with Crippen LogP contribution in [-0.2, 0) is 4.74 Å². The van der Waals surface area contributed by atoms with Gasteiger partial charge in [-0.3, -0.25) is 0 Å². The summed E-state index contributed by atoms with van der Waals surface area (Å²) in [7, 11) is 3.34. The number of methoxy groups -OCH3 is 2. The largest absolute Gasteiger partial charge is 0.497 e. The highest BCUT2D eigenvalue weighted by atomic mass is 16.5. The molecule has 2 unspecified atom stereocenters. The van der Waals surface area contributed by atoms with Crippen LogP contribution in [0.4, 0.5) is 0 Å². The van der Waals surface area contributed by atoms with Gasteiger partial charge < -0.3 is 14.6 Å². The van der Waals surface area contributed by atoms with Gasteiger partial charge in [0.15, 0.2) is 0 Å². The molecule has 3 heteroatoms. The van der Waals surface area contributed by atoms with E-state index >= 15 is 0 Å². The molecule has 1 rings (SSSR count). The van der Waals surface area contributed by atoms with Crippen molar-refractivity contribution in [2.45, 2.75) is 25.9 Å². The second-order valence-corrected chi connectivity index (χ2v) is 4.16. The van der Waals surface area contributed by atoms with E-state index in [1.54, 1.807) is 14.2 Å². The molecule has 1 aromatic carbocycles. The molecule has 0 radical (unpaired) electrons. The fourth-order valence-corrected chi connectivity index (χ4v) is 2.10. The molecular weight excluding hydrogens is 216 g/mol. The summed E-state index contributed by atoms with van der Waals surface area (Å²) in [5.74, 6) is 0.984. The lowest BCUT2D eigenvalue weighted by atomic mass is 9.92. The van der Waals surface area contributed by atoms with Gasteiger partial charge in [0.2, 0.25) is 0 Å². The van der Waals surface area contributed by atoms with Gasteiger partial charge in [0.25, 0.3) is 0 Å². The SMILES string of the molecule is CCCC(CO)C(OC)c1ccc(OC)cc1. The summed E-state index contributed by atoms with van der Waals surface area (Å²) >= 11 is 0. The predicted molar refractivity (Wildman–Crippen MR) is 68.2 cm³/mol. The molecule has 0 aromatic heterocycles. The van der Waals surface area contributed by atoms with Gasteiger partial charge >= 0.3 is 0 Å². The molecule has 0 spiro atoms. The molecule has 0 aliphatic heterocycles. The third kappa shape index (κ3) is 3.72. The number of aliphatic hydroxyl groups is 1. The van der Waals surface area contributed by atoms with Gasteiger partial charge in [-0.1, -0.05) is 25.5 Å². The lowest BCUT2D eigenvalue weighted by Crippen LogP contribution is -2.18. The molecule has 0 aliphatic carbocycles. The van der Waals surface area contributed by atoms with Crippen molar-refractivity contribution in [3.63, 3.8) is 0 Å². The van der Waals surface area contributed by atoms with E-state index < -0.39 is 0 Å². The molecular formula is C14H22O3. The third-order valence-corrected chi connectivity index (χ3v) is 3.02. The Bertz CT molecular complexity index is 308. The molecule has 1 N–H and O–H groups in total. The maximum atomic E-state index is 9.42. The van der Waals surface area contributed by atoms with Crippen LogP contribution in [0, 0.1) is 5.92 Å². The highest BCUT2D eigenvalue weighted by molar-refractivity contribution is 5.28. The Hall–Kier alpha value is -1.06. The van der Waals surface area contributed by atoms with Crippen molar-refractivity contribution in [1.82, 2.24) is 0 Å². The summed E-state index contributed by atoms with van der Waals surface area (Å²) in [5.41, 5.74) is 1.08. The first-order valence-corrected chi connectivity index (χ1v) is 6.04. The van der Waals surface area contributed by atoms with Crippen LogP contribution in [-0.4, -0.2) is 25.9 Å². The number of rotatable bonds is 7. The molecule has 17 heavy (non-hydrogen) atoms. The number of hydrogen-bond donors (Lipinski definition) is 1. The molecule has 3 nitrogen and oxygen atoms in total. The zero-order chi connectivity index (χ0) is 12.7. The van der Waals surface area contributed by atoms with Gasteiger partial charge in [0, 0.05) is 19.6 Å². The van der Waals surface area contributed by atoms with Gasteiger partial charge in [0.1, 0.15) is 5.75 Å². The average molecular weight is 238 g/mol. The first-order valence-electron chi connectivity index (χ1n) is 6.04. The average Bonchev–Trinajstić information content (AvgIpc) is 2.39. The van der Waals surface area contributed by atoms with Crippen molar-refractivity contribution in [2.75, 3.05) is 20.8 Å². The summed E-state index contributed by atoms with van der Waals surface area (Å²) in [5, 5.41) is 9.42. The van der Waals surface area contributed by atoms with Crippen LogP contribution < -0.4 is 4.74 Å². The molecule has 2 atom stereocenters. The highest BCUT2D eigenvalue weighted by Crippen LogP contribution is 2.29. The maximum absolute atomic E-state index is 9.42. The van der Waals surface area contributed by atoms with E-state index in [2.05, 4.69) is 6.92 Å². The summed E-state index contributed by atoms with van der Waals surface area (Å²) in [6.45, 7) is 2.27. The van der Waals surface area contributed by atoms with E-state index in [-0.39, 0.29) is 18.6 Å². The van der Waals surface area contributed by atoms with Crippen LogP contribution in [0.1, 0.15) is 31.4 Å². The highest BCUT2D eigenvalue weighted by Gasteiger charge is 2.21. The Labute approximate surface area is 103 Å². The minimum Gasteiger partial charge on any atom is -0.497 e. The Morgan fingerprint density at radius 2 is 1.82 bits per heavy atom. The van der Waals surface area contributed by atoms with Crippen LogP contribution in [0.5, 0.6) is 5.75 Å². The van der Waals surface area contributed by atoms with Crippen molar-refractivity contribution in [3.8, 4) is 5.75 Å². The number of ether oxygens (including phenoxy) is 2. The summed E-state index contributed by atoms with van der Waals surface area (Å²) in [4.78, 5) is 0. The molecule has 1 aromatic rings. The van der Waals surface area contributed by atoms with Crippen LogP contribution >= 0.6 is 0 Å². The Balaban J connectivity index is 2.83. The van der Waals surface area contributed by atoms with Crippen LogP contribution in [0.3, 0.4) is 0 Å². The zero-order valence-corrected chi connectivity index (χ0v) is 10.8. The van der Waals surface area contributed by atoms with Gasteiger partial charge in [-0.05, 0) is 24.1 Å². The first kappa shape index (κ1) is 14.0. The molecule has 0 amide bonds. The summed E-state index contributed by atoms with van der Waals surface area (Å²) < 4.78 is 10.6. The monoisotopic (exact) mass is 238 g/mol. The first-order chi connectivity index (χ1) is 8.26. The normalized spacial score (nSPS) is 14.4. The topological polar surface area (TPSA) is 38.7 Å². The fraction of sp³-hybridized carbons (Fsp3) is 0.571. The second kappa shape index (κ2) is 7.30. The van der Waals surface area contributed by atoms with E-state index in [0.29, 0.717) is 0 Å². The van der Waals surface area contributed by atoms with Crippen molar-refractivity contribution in [1.29, 1.82) is 0 Å². The summed E-state index contributed by atoms with van der Waals surface area (Å²) in [6.07, 6.45) is 1.95. The maximum Gasteiger partial charge on any atom is 0.118 e.